The van der Waals surface area contributed by atoms with Crippen LogP contribution in [0.1, 0.15) is 11.7 Å². The first-order chi connectivity index (χ1) is 9.72. The highest BCUT2D eigenvalue weighted by atomic mass is 79.9. The molecule has 6 nitrogen and oxygen atoms in total. The van der Waals surface area contributed by atoms with Gasteiger partial charge in [0.1, 0.15) is 11.0 Å². The quantitative estimate of drug-likeness (QED) is 0.681. The molecule has 0 radical (unpaired) electrons. The molecule has 0 saturated heterocycles. The Morgan fingerprint density at radius 2 is 2.05 bits per heavy atom. The minimum absolute atomic E-state index is 0.338. The highest BCUT2D eigenvalue weighted by Gasteiger charge is 2.08. The van der Waals surface area contributed by atoms with E-state index in [2.05, 4.69) is 41.4 Å². The number of rotatable bonds is 4. The zero-order valence-corrected chi connectivity index (χ0v) is 12.0. The second-order valence-corrected chi connectivity index (χ2v) is 5.23. The Labute approximate surface area is 123 Å². The fourth-order valence-electron chi connectivity index (χ4n) is 1.82. The predicted molar refractivity (Wildman–Crippen MR) is 79.3 cm³/mol. The molecule has 3 rings (SSSR count). The van der Waals surface area contributed by atoms with E-state index in [1.807, 2.05) is 24.3 Å². The molecular weight excluding hydrogens is 322 g/mol. The van der Waals surface area contributed by atoms with Crippen LogP contribution in [0.2, 0.25) is 0 Å². The molecule has 1 aromatic carbocycles. The molecule has 20 heavy (non-hydrogen) atoms. The second kappa shape index (κ2) is 5.56. The Morgan fingerprint density at radius 3 is 2.85 bits per heavy atom. The zero-order valence-electron chi connectivity index (χ0n) is 10.4. The summed E-state index contributed by atoms with van der Waals surface area (Å²) in [4.78, 5) is 8.43. The molecule has 0 aliphatic heterocycles. The van der Waals surface area contributed by atoms with Crippen LogP contribution in [0.4, 0.5) is 5.95 Å². The Balaban J connectivity index is 1.67. The van der Waals surface area contributed by atoms with Crippen molar-refractivity contribution in [3.63, 3.8) is 0 Å². The number of benzene rings is 1. The fourth-order valence-corrected chi connectivity index (χ4v) is 2.08. The summed E-state index contributed by atoms with van der Waals surface area (Å²) < 4.78 is 0.982. The highest BCUT2D eigenvalue weighted by Crippen LogP contribution is 2.17. The Kier molecular flexibility index (Phi) is 3.62. The maximum Gasteiger partial charge on any atom is 0.223 e. The van der Waals surface area contributed by atoms with Gasteiger partial charge in [0.25, 0.3) is 0 Å². The Bertz CT molecular complexity index is 712. The van der Waals surface area contributed by atoms with Gasteiger partial charge in [-0.05, 0) is 17.7 Å². The molecule has 0 amide bonds. The maximum absolute atomic E-state index is 10.1. The Hall–Kier alpha value is -1.99. The molecule has 0 saturated carbocycles. The zero-order chi connectivity index (χ0) is 13.9. The second-order valence-electron chi connectivity index (χ2n) is 4.31. The first kappa shape index (κ1) is 13.0. The van der Waals surface area contributed by atoms with Crippen molar-refractivity contribution in [1.82, 2.24) is 20.2 Å². The number of nitrogens with one attached hydrogen (secondary N) is 2. The average Bonchev–Trinajstić information content (AvgIpc) is 2.93. The molecular formula is C13H12BrN5O. The number of H-pyrrole nitrogens is 1. The van der Waals surface area contributed by atoms with Crippen LogP contribution in [0, 0.1) is 0 Å². The third kappa shape index (κ3) is 2.78. The van der Waals surface area contributed by atoms with Gasteiger partial charge in [0.05, 0.1) is 18.5 Å². The van der Waals surface area contributed by atoms with Crippen LogP contribution in [-0.2, 0) is 0 Å². The molecule has 2 heterocycles. The summed E-state index contributed by atoms with van der Waals surface area (Å²) in [5, 5.41) is 19.8. The summed E-state index contributed by atoms with van der Waals surface area (Å²) in [5.41, 5.74) is 2.36. The lowest BCUT2D eigenvalue weighted by atomic mass is 10.1. The molecule has 0 spiro atoms. The highest BCUT2D eigenvalue weighted by molar-refractivity contribution is 9.10. The van der Waals surface area contributed by atoms with Gasteiger partial charge in [-0.3, -0.25) is 5.10 Å². The first-order valence-electron chi connectivity index (χ1n) is 6.06. The summed E-state index contributed by atoms with van der Waals surface area (Å²) in [7, 11) is 0. The van der Waals surface area contributed by atoms with Gasteiger partial charge in [-0.25, -0.2) is 9.97 Å². The number of anilines is 1. The number of aliphatic hydroxyl groups excluding tert-OH is 1. The van der Waals surface area contributed by atoms with Gasteiger partial charge in [-0.1, -0.05) is 28.1 Å². The number of hydrogen-bond donors (Lipinski definition) is 3. The number of fused-ring (bicyclic) bond motifs is 1. The van der Waals surface area contributed by atoms with E-state index in [9.17, 15) is 5.11 Å². The Morgan fingerprint density at radius 1 is 1.25 bits per heavy atom. The van der Waals surface area contributed by atoms with Crippen LogP contribution in [0.15, 0.2) is 41.1 Å². The summed E-state index contributed by atoms with van der Waals surface area (Å²) in [6.07, 6.45) is 2.67. The number of halogens is 1. The van der Waals surface area contributed by atoms with Crippen LogP contribution < -0.4 is 5.32 Å². The smallest absolute Gasteiger partial charge is 0.223 e. The standard InChI is InChI=1S/C13H12BrN5O/c14-9-3-1-8(2-4-9)12(20)7-16-13-15-5-11-10(18-13)6-17-19-11/h1-6,12,20H,7H2,(H,17,19)(H,15,16,18)/t12-/m1/s1. The van der Waals surface area contributed by atoms with E-state index in [4.69, 9.17) is 0 Å². The molecule has 0 fully saturated rings. The molecule has 3 N–H and O–H groups in total. The van der Waals surface area contributed by atoms with Crippen molar-refractivity contribution in [2.75, 3.05) is 11.9 Å². The van der Waals surface area contributed by atoms with Gasteiger partial charge in [0, 0.05) is 11.0 Å². The van der Waals surface area contributed by atoms with Crippen LogP contribution in [0.5, 0.6) is 0 Å². The lowest BCUT2D eigenvalue weighted by Crippen LogP contribution is -2.13. The summed E-state index contributed by atoms with van der Waals surface area (Å²) >= 11 is 3.36. The molecule has 2 aromatic heterocycles. The van der Waals surface area contributed by atoms with Crippen molar-refractivity contribution in [3.05, 3.63) is 46.7 Å². The average molecular weight is 334 g/mol. The van der Waals surface area contributed by atoms with Gasteiger partial charge in [-0.2, -0.15) is 5.10 Å². The van der Waals surface area contributed by atoms with Gasteiger partial charge >= 0.3 is 0 Å². The molecule has 7 heteroatoms. The largest absolute Gasteiger partial charge is 0.387 e. The number of hydrogen-bond acceptors (Lipinski definition) is 5. The van der Waals surface area contributed by atoms with Crippen LogP contribution in [0.3, 0.4) is 0 Å². The summed E-state index contributed by atoms with van der Waals surface area (Å²) in [6.45, 7) is 0.338. The third-order valence-corrected chi connectivity index (χ3v) is 3.43. The minimum atomic E-state index is -0.619. The van der Waals surface area contributed by atoms with Crippen LogP contribution in [0.25, 0.3) is 11.0 Å². The number of aromatic amines is 1. The van der Waals surface area contributed by atoms with E-state index < -0.39 is 6.10 Å². The summed E-state index contributed by atoms with van der Waals surface area (Å²) in [6, 6.07) is 7.53. The molecule has 0 bridgehead atoms. The van der Waals surface area contributed by atoms with E-state index >= 15 is 0 Å². The van der Waals surface area contributed by atoms with Gasteiger partial charge < -0.3 is 10.4 Å². The molecule has 0 aliphatic carbocycles. The lowest BCUT2D eigenvalue weighted by Gasteiger charge is -2.12. The minimum Gasteiger partial charge on any atom is -0.387 e. The number of nitrogens with zero attached hydrogens (tertiary/aromatic N) is 3. The van der Waals surface area contributed by atoms with Crippen molar-refractivity contribution >= 4 is 32.9 Å². The van der Waals surface area contributed by atoms with Gasteiger partial charge in [-0.15, -0.1) is 0 Å². The number of aliphatic hydroxyl groups is 1. The molecule has 3 aromatic rings. The van der Waals surface area contributed by atoms with E-state index in [1.54, 1.807) is 12.4 Å². The summed E-state index contributed by atoms with van der Waals surface area (Å²) in [5.74, 6) is 0.468. The van der Waals surface area contributed by atoms with E-state index in [0.717, 1.165) is 21.1 Å². The van der Waals surface area contributed by atoms with Crippen LogP contribution in [-0.4, -0.2) is 31.8 Å². The van der Waals surface area contributed by atoms with E-state index in [1.165, 1.54) is 0 Å². The molecule has 102 valence electrons. The van der Waals surface area contributed by atoms with Crippen molar-refractivity contribution < 1.29 is 5.11 Å². The van der Waals surface area contributed by atoms with Crippen molar-refractivity contribution in [1.29, 1.82) is 0 Å². The third-order valence-electron chi connectivity index (χ3n) is 2.90. The number of aromatic nitrogens is 4. The van der Waals surface area contributed by atoms with Gasteiger partial charge in [0.2, 0.25) is 5.95 Å². The van der Waals surface area contributed by atoms with Crippen molar-refractivity contribution in [3.8, 4) is 0 Å². The van der Waals surface area contributed by atoms with E-state index in [-0.39, 0.29) is 0 Å². The normalized spacial score (nSPS) is 12.5. The first-order valence-corrected chi connectivity index (χ1v) is 6.85. The van der Waals surface area contributed by atoms with Gasteiger partial charge in [0.15, 0.2) is 0 Å². The molecule has 0 aliphatic rings. The molecule has 1 atom stereocenters. The lowest BCUT2D eigenvalue weighted by molar-refractivity contribution is 0.191. The molecule has 0 unspecified atom stereocenters. The van der Waals surface area contributed by atoms with E-state index in [0.29, 0.717) is 12.5 Å². The van der Waals surface area contributed by atoms with Crippen molar-refractivity contribution in [2.45, 2.75) is 6.10 Å². The van der Waals surface area contributed by atoms with Crippen molar-refractivity contribution in [2.24, 2.45) is 0 Å². The predicted octanol–water partition coefficient (Wildman–Crippen LogP) is 2.26. The topological polar surface area (TPSA) is 86.7 Å². The fraction of sp³-hybridized carbons (Fsp3) is 0.154. The maximum atomic E-state index is 10.1. The van der Waals surface area contributed by atoms with Crippen LogP contribution >= 0.6 is 15.9 Å². The SMILES string of the molecule is O[C@H](CNc1ncc2[nH]ncc2n1)c1ccc(Br)cc1. The monoisotopic (exact) mass is 333 g/mol.